The van der Waals surface area contributed by atoms with Gasteiger partial charge in [-0.1, -0.05) is 112 Å². The Morgan fingerprint density at radius 1 is 0.854 bits per heavy atom. The Morgan fingerprint density at radius 3 is 2.00 bits per heavy atom. The minimum absolute atomic E-state index is 0.0596. The number of hydrogen-bond acceptors (Lipinski definition) is 7. The van der Waals surface area contributed by atoms with Crippen molar-refractivity contribution in [1.29, 1.82) is 0 Å². The fourth-order valence-electron chi connectivity index (χ4n) is 6.51. The Bertz CT molecular complexity index is 1180. The molecular formula is C33H42O7Si. The maximum absolute atomic E-state index is 11.0. The molecule has 1 saturated carbocycles. The Labute approximate surface area is 244 Å². The number of methoxy groups -OCH3 is 1. The standard InChI is InChI=1S/C33H42O7Si/c1-32(2,3)41(26-16-10-6-11-17-26,27-18-12-7-13-19-27)39-22-33-29(37-23-35-4)20-28(31(34)40-33)30(33)38-24-36-21-25-14-8-5-9-15-25/h5-19,28-31,34H,20-24H2,1-4H3. The largest absolute Gasteiger partial charge is 0.404 e. The van der Waals surface area contributed by atoms with E-state index in [2.05, 4.69) is 69.3 Å². The van der Waals surface area contributed by atoms with Gasteiger partial charge in [-0.3, -0.25) is 0 Å². The molecule has 1 aliphatic carbocycles. The normalized spacial score (nSPS) is 26.0. The van der Waals surface area contributed by atoms with Crippen LogP contribution in [0.2, 0.25) is 5.04 Å². The second-order valence-corrected chi connectivity index (χ2v) is 16.2. The van der Waals surface area contributed by atoms with Crippen LogP contribution in [0, 0.1) is 5.92 Å². The Kier molecular flexibility index (Phi) is 9.42. The molecule has 1 heterocycles. The molecule has 220 valence electrons. The second-order valence-electron chi connectivity index (χ2n) is 11.9. The topological polar surface area (TPSA) is 75.6 Å². The minimum Gasteiger partial charge on any atom is -0.404 e. The third-order valence-corrected chi connectivity index (χ3v) is 13.4. The molecule has 0 spiro atoms. The molecule has 1 N–H and O–H groups in total. The predicted molar refractivity (Wildman–Crippen MR) is 159 cm³/mol. The quantitative estimate of drug-likeness (QED) is 0.185. The molecule has 2 aliphatic rings. The summed E-state index contributed by atoms with van der Waals surface area (Å²) in [5.74, 6) is -0.278. The first-order chi connectivity index (χ1) is 19.8. The van der Waals surface area contributed by atoms with Gasteiger partial charge in [0.05, 0.1) is 19.3 Å². The summed E-state index contributed by atoms with van der Waals surface area (Å²) in [6.07, 6.45) is -1.28. The van der Waals surface area contributed by atoms with Gasteiger partial charge < -0.3 is 33.2 Å². The third kappa shape index (κ3) is 5.93. The van der Waals surface area contributed by atoms with E-state index in [1.807, 2.05) is 42.5 Å². The van der Waals surface area contributed by atoms with Crippen molar-refractivity contribution in [2.45, 2.75) is 62.9 Å². The van der Waals surface area contributed by atoms with Crippen LogP contribution in [0.25, 0.3) is 0 Å². The molecule has 5 unspecified atom stereocenters. The number of benzene rings is 3. The van der Waals surface area contributed by atoms with E-state index in [0.717, 1.165) is 5.56 Å². The average molecular weight is 579 g/mol. The van der Waals surface area contributed by atoms with Crippen molar-refractivity contribution >= 4 is 18.7 Å². The Hall–Kier alpha value is -2.40. The van der Waals surface area contributed by atoms with E-state index in [9.17, 15) is 5.11 Å². The summed E-state index contributed by atoms with van der Waals surface area (Å²) in [5, 5.41) is 13.1. The van der Waals surface area contributed by atoms with Gasteiger partial charge in [-0.2, -0.15) is 0 Å². The number of hydrogen-bond donors (Lipinski definition) is 1. The molecule has 0 amide bonds. The molecule has 7 nitrogen and oxygen atoms in total. The van der Waals surface area contributed by atoms with Gasteiger partial charge in [0, 0.05) is 13.0 Å². The van der Waals surface area contributed by atoms with Crippen LogP contribution in [0.5, 0.6) is 0 Å². The van der Waals surface area contributed by atoms with Crippen molar-refractivity contribution in [1.82, 2.24) is 0 Å². The minimum atomic E-state index is -2.89. The molecule has 3 aromatic rings. The smallest absolute Gasteiger partial charge is 0.261 e. The summed E-state index contributed by atoms with van der Waals surface area (Å²) in [7, 11) is -1.29. The highest BCUT2D eigenvalue weighted by molar-refractivity contribution is 6.99. The summed E-state index contributed by atoms with van der Waals surface area (Å²) < 4.78 is 37.3. The van der Waals surface area contributed by atoms with Crippen LogP contribution in [0.4, 0.5) is 0 Å². The molecule has 0 aromatic heterocycles. The average Bonchev–Trinajstić information content (AvgIpc) is 3.42. The zero-order valence-corrected chi connectivity index (χ0v) is 25.4. The van der Waals surface area contributed by atoms with Crippen LogP contribution in [-0.2, 0) is 34.7 Å². The molecule has 1 aliphatic heterocycles. The molecule has 3 aromatic carbocycles. The number of aliphatic hydroxyl groups excluding tert-OH is 1. The van der Waals surface area contributed by atoms with Gasteiger partial charge in [0.25, 0.3) is 8.32 Å². The summed E-state index contributed by atoms with van der Waals surface area (Å²) in [6, 6.07) is 30.9. The Balaban J connectivity index is 1.46. The first-order valence-corrected chi connectivity index (χ1v) is 16.2. The van der Waals surface area contributed by atoms with E-state index < -0.39 is 26.3 Å². The first kappa shape index (κ1) is 30.1. The van der Waals surface area contributed by atoms with E-state index in [-0.39, 0.29) is 37.3 Å². The zero-order valence-electron chi connectivity index (χ0n) is 24.4. The Morgan fingerprint density at radius 2 is 1.44 bits per heavy atom. The fourth-order valence-corrected chi connectivity index (χ4v) is 11.1. The molecule has 8 heteroatoms. The lowest BCUT2D eigenvalue weighted by molar-refractivity contribution is -0.252. The van der Waals surface area contributed by atoms with Crippen molar-refractivity contribution < 1.29 is 33.2 Å². The van der Waals surface area contributed by atoms with Crippen molar-refractivity contribution in [3.05, 3.63) is 96.6 Å². The van der Waals surface area contributed by atoms with E-state index in [1.54, 1.807) is 7.11 Å². The van der Waals surface area contributed by atoms with Crippen molar-refractivity contribution in [2.24, 2.45) is 5.92 Å². The van der Waals surface area contributed by atoms with E-state index in [1.165, 1.54) is 10.4 Å². The summed E-state index contributed by atoms with van der Waals surface area (Å²) >= 11 is 0. The van der Waals surface area contributed by atoms with Crippen LogP contribution in [0.1, 0.15) is 32.8 Å². The highest BCUT2D eigenvalue weighted by atomic mass is 28.4. The predicted octanol–water partition coefficient (Wildman–Crippen LogP) is 4.22. The molecule has 1 saturated heterocycles. The van der Waals surface area contributed by atoms with Gasteiger partial charge in [-0.05, 0) is 27.4 Å². The summed E-state index contributed by atoms with van der Waals surface area (Å²) in [6.45, 7) is 7.50. The van der Waals surface area contributed by atoms with Gasteiger partial charge in [0.1, 0.15) is 25.3 Å². The monoisotopic (exact) mass is 578 g/mol. The summed E-state index contributed by atoms with van der Waals surface area (Å²) in [4.78, 5) is 0. The number of ether oxygens (including phenoxy) is 5. The maximum Gasteiger partial charge on any atom is 0.261 e. The van der Waals surface area contributed by atoms with Crippen molar-refractivity contribution in [2.75, 3.05) is 27.3 Å². The SMILES string of the molecule is COCOC1CC2C(O)OC1(CO[Si](c1ccccc1)(c1ccccc1)C(C)(C)C)C2OCOCc1ccccc1. The molecule has 41 heavy (non-hydrogen) atoms. The van der Waals surface area contributed by atoms with Gasteiger partial charge in [-0.15, -0.1) is 0 Å². The molecule has 5 rings (SSSR count). The molecule has 2 fully saturated rings. The molecule has 5 atom stereocenters. The van der Waals surface area contributed by atoms with Crippen LogP contribution >= 0.6 is 0 Å². The van der Waals surface area contributed by atoms with Crippen molar-refractivity contribution in [3.63, 3.8) is 0 Å². The third-order valence-electron chi connectivity index (χ3n) is 8.37. The maximum atomic E-state index is 11.0. The second kappa shape index (κ2) is 12.9. The molecule has 0 radical (unpaired) electrons. The lowest BCUT2D eigenvalue weighted by atomic mass is 9.98. The molecular weight excluding hydrogens is 536 g/mol. The number of fused-ring (bicyclic) bond motifs is 2. The van der Waals surface area contributed by atoms with Gasteiger partial charge >= 0.3 is 0 Å². The van der Waals surface area contributed by atoms with Gasteiger partial charge in [0.2, 0.25) is 0 Å². The molecule has 2 bridgehead atoms. The van der Waals surface area contributed by atoms with E-state index in [0.29, 0.717) is 13.0 Å². The highest BCUT2D eigenvalue weighted by Crippen LogP contribution is 2.51. The van der Waals surface area contributed by atoms with E-state index >= 15 is 0 Å². The van der Waals surface area contributed by atoms with Gasteiger partial charge in [-0.25, -0.2) is 0 Å². The van der Waals surface area contributed by atoms with Crippen LogP contribution in [-0.4, -0.2) is 64.8 Å². The van der Waals surface area contributed by atoms with Crippen LogP contribution < -0.4 is 10.4 Å². The van der Waals surface area contributed by atoms with E-state index in [4.69, 9.17) is 28.1 Å². The number of rotatable bonds is 13. The fraction of sp³-hybridized carbons (Fsp3) is 0.455. The zero-order chi connectivity index (χ0) is 28.9. The summed E-state index contributed by atoms with van der Waals surface area (Å²) in [5.41, 5.74) is 0.0269. The number of aliphatic hydroxyl groups is 1. The highest BCUT2D eigenvalue weighted by Gasteiger charge is 2.68. The lowest BCUT2D eigenvalue weighted by Crippen LogP contribution is -2.68. The first-order valence-electron chi connectivity index (χ1n) is 14.3. The van der Waals surface area contributed by atoms with Crippen LogP contribution in [0.15, 0.2) is 91.0 Å². The van der Waals surface area contributed by atoms with Gasteiger partial charge in [0.15, 0.2) is 6.29 Å². The van der Waals surface area contributed by atoms with Crippen molar-refractivity contribution in [3.8, 4) is 0 Å². The lowest BCUT2D eigenvalue weighted by Gasteiger charge is -2.46. The van der Waals surface area contributed by atoms with Crippen LogP contribution in [0.3, 0.4) is 0 Å².